The van der Waals surface area contributed by atoms with E-state index >= 15 is 0 Å². The monoisotopic (exact) mass is 270 g/mol. The summed E-state index contributed by atoms with van der Waals surface area (Å²) in [5.74, 6) is 1.33. The van der Waals surface area contributed by atoms with Crippen molar-refractivity contribution < 1.29 is 4.74 Å². The third-order valence-corrected chi connectivity index (χ3v) is 3.99. The van der Waals surface area contributed by atoms with Crippen molar-refractivity contribution in [1.29, 1.82) is 0 Å². The molecule has 20 heavy (non-hydrogen) atoms. The Balaban J connectivity index is 1.99. The molecule has 0 aromatic heterocycles. The summed E-state index contributed by atoms with van der Waals surface area (Å²) in [6.07, 6.45) is 11.7. The first-order chi connectivity index (χ1) is 9.81. The summed E-state index contributed by atoms with van der Waals surface area (Å²) in [5.41, 5.74) is 1.41. The van der Waals surface area contributed by atoms with Gasteiger partial charge in [0.15, 0.2) is 0 Å². The average molecular weight is 270 g/mol. The van der Waals surface area contributed by atoms with Gasteiger partial charge in [0.05, 0.1) is 0 Å². The van der Waals surface area contributed by atoms with Gasteiger partial charge in [0.25, 0.3) is 0 Å². The molecule has 1 saturated carbocycles. The number of allylic oxidation sites excluding steroid dienone is 2. The highest BCUT2D eigenvalue weighted by molar-refractivity contribution is 5.22. The van der Waals surface area contributed by atoms with Crippen LogP contribution in [0.15, 0.2) is 54.8 Å². The molecule has 2 rings (SSSR count). The van der Waals surface area contributed by atoms with Crippen molar-refractivity contribution in [1.82, 2.24) is 0 Å². The molecule has 0 unspecified atom stereocenters. The minimum Gasteiger partial charge on any atom is -0.490 e. The van der Waals surface area contributed by atoms with Crippen molar-refractivity contribution in [2.24, 2.45) is 0 Å². The molecule has 2 atom stereocenters. The molecule has 0 spiro atoms. The van der Waals surface area contributed by atoms with Crippen LogP contribution in [0.3, 0.4) is 0 Å². The van der Waals surface area contributed by atoms with Crippen LogP contribution in [0, 0.1) is 0 Å². The van der Waals surface area contributed by atoms with Crippen LogP contribution < -0.4 is 0 Å². The SMILES string of the molecule is C=C(/C=C/CCC)O[C@@H]1CCCC[C@H]1c1ccccc1. The van der Waals surface area contributed by atoms with Gasteiger partial charge in [-0.1, -0.05) is 62.8 Å². The Morgan fingerprint density at radius 3 is 2.75 bits per heavy atom. The lowest BCUT2D eigenvalue weighted by molar-refractivity contribution is 0.0709. The second kappa shape index (κ2) is 7.94. The molecular formula is C19H26O. The van der Waals surface area contributed by atoms with Crippen molar-refractivity contribution in [2.75, 3.05) is 0 Å². The lowest BCUT2D eigenvalue weighted by atomic mass is 9.81. The predicted octanol–water partition coefficient (Wildman–Crippen LogP) is 5.60. The van der Waals surface area contributed by atoms with Gasteiger partial charge in [-0.25, -0.2) is 0 Å². The highest BCUT2D eigenvalue weighted by Gasteiger charge is 2.27. The van der Waals surface area contributed by atoms with Gasteiger partial charge in [0.1, 0.15) is 11.9 Å². The summed E-state index contributed by atoms with van der Waals surface area (Å²) in [4.78, 5) is 0. The largest absolute Gasteiger partial charge is 0.490 e. The zero-order valence-electron chi connectivity index (χ0n) is 12.6. The number of hydrogen-bond acceptors (Lipinski definition) is 1. The molecule has 0 amide bonds. The van der Waals surface area contributed by atoms with Crippen LogP contribution in [0.2, 0.25) is 0 Å². The summed E-state index contributed by atoms with van der Waals surface area (Å²) in [6, 6.07) is 10.8. The molecule has 0 N–H and O–H groups in total. The molecule has 1 aliphatic rings. The number of benzene rings is 1. The fourth-order valence-electron chi connectivity index (χ4n) is 2.93. The van der Waals surface area contributed by atoms with Gasteiger partial charge in [-0.2, -0.15) is 0 Å². The molecular weight excluding hydrogens is 244 g/mol. The van der Waals surface area contributed by atoms with E-state index in [0.29, 0.717) is 5.92 Å². The Kier molecular flexibility index (Phi) is 5.91. The first-order valence-corrected chi connectivity index (χ1v) is 7.88. The van der Waals surface area contributed by atoms with E-state index in [9.17, 15) is 0 Å². The molecule has 1 heteroatoms. The van der Waals surface area contributed by atoms with Crippen LogP contribution >= 0.6 is 0 Å². The van der Waals surface area contributed by atoms with Crippen LogP contribution in [0.25, 0.3) is 0 Å². The summed E-state index contributed by atoms with van der Waals surface area (Å²) < 4.78 is 6.12. The van der Waals surface area contributed by atoms with Gasteiger partial charge in [0.2, 0.25) is 0 Å². The maximum atomic E-state index is 6.12. The molecule has 0 aliphatic heterocycles. The quantitative estimate of drug-likeness (QED) is 0.483. The van der Waals surface area contributed by atoms with E-state index in [-0.39, 0.29) is 6.10 Å². The smallest absolute Gasteiger partial charge is 0.112 e. The number of hydrogen-bond donors (Lipinski definition) is 0. The summed E-state index contributed by atoms with van der Waals surface area (Å²) in [7, 11) is 0. The van der Waals surface area contributed by atoms with Gasteiger partial charge < -0.3 is 4.74 Å². The van der Waals surface area contributed by atoms with Gasteiger partial charge >= 0.3 is 0 Å². The third kappa shape index (κ3) is 4.26. The highest BCUT2D eigenvalue weighted by Crippen LogP contribution is 2.35. The van der Waals surface area contributed by atoms with Crippen LogP contribution in [0.4, 0.5) is 0 Å². The molecule has 0 saturated heterocycles. The molecule has 1 aromatic rings. The van der Waals surface area contributed by atoms with E-state index in [0.717, 1.165) is 18.6 Å². The summed E-state index contributed by atoms with van der Waals surface area (Å²) in [5, 5.41) is 0. The number of unbranched alkanes of at least 4 members (excludes halogenated alkanes) is 1. The van der Waals surface area contributed by atoms with E-state index in [1.807, 2.05) is 6.08 Å². The number of rotatable bonds is 6. The summed E-state index contributed by atoms with van der Waals surface area (Å²) >= 11 is 0. The lowest BCUT2D eigenvalue weighted by Gasteiger charge is -2.32. The molecule has 1 fully saturated rings. The Bertz CT molecular complexity index is 432. The third-order valence-electron chi connectivity index (χ3n) is 3.99. The molecule has 108 valence electrons. The van der Waals surface area contributed by atoms with E-state index in [4.69, 9.17) is 4.74 Å². The van der Waals surface area contributed by atoms with Crippen molar-refractivity contribution in [3.8, 4) is 0 Å². The van der Waals surface area contributed by atoms with E-state index in [1.54, 1.807) is 0 Å². The second-order valence-corrected chi connectivity index (χ2v) is 5.62. The average Bonchev–Trinajstić information content (AvgIpc) is 2.49. The van der Waals surface area contributed by atoms with Crippen molar-refractivity contribution in [3.05, 3.63) is 60.4 Å². The molecule has 1 nitrogen and oxygen atoms in total. The fraction of sp³-hybridized carbons (Fsp3) is 0.474. The normalized spacial score (nSPS) is 22.9. The number of ether oxygens (including phenoxy) is 1. The Morgan fingerprint density at radius 1 is 1.25 bits per heavy atom. The van der Waals surface area contributed by atoms with Gasteiger partial charge in [0, 0.05) is 5.92 Å². The molecule has 0 heterocycles. The van der Waals surface area contributed by atoms with Crippen molar-refractivity contribution >= 4 is 0 Å². The highest BCUT2D eigenvalue weighted by atomic mass is 16.5. The van der Waals surface area contributed by atoms with Crippen LogP contribution in [-0.4, -0.2) is 6.10 Å². The van der Waals surface area contributed by atoms with Gasteiger partial charge in [-0.3, -0.25) is 0 Å². The van der Waals surface area contributed by atoms with E-state index in [1.165, 1.54) is 31.2 Å². The zero-order valence-corrected chi connectivity index (χ0v) is 12.6. The molecule has 0 bridgehead atoms. The summed E-state index contributed by atoms with van der Waals surface area (Å²) in [6.45, 7) is 6.22. The van der Waals surface area contributed by atoms with Crippen LogP contribution in [0.1, 0.15) is 56.9 Å². The second-order valence-electron chi connectivity index (χ2n) is 5.62. The fourth-order valence-corrected chi connectivity index (χ4v) is 2.93. The topological polar surface area (TPSA) is 9.23 Å². The van der Waals surface area contributed by atoms with Crippen molar-refractivity contribution in [3.63, 3.8) is 0 Å². The standard InChI is InChI=1S/C19H26O/c1-3-4-6-11-16(2)20-19-15-10-9-14-18(19)17-12-7-5-8-13-17/h5-8,11-13,18-19H,2-4,9-10,14-15H2,1H3/b11-6+/t18-,19+/m0/s1. The Morgan fingerprint density at radius 2 is 2.00 bits per heavy atom. The van der Waals surface area contributed by atoms with Gasteiger partial charge in [-0.15, -0.1) is 0 Å². The Labute approximate surface area is 123 Å². The molecule has 1 aromatic carbocycles. The van der Waals surface area contributed by atoms with Crippen LogP contribution in [-0.2, 0) is 4.74 Å². The van der Waals surface area contributed by atoms with E-state index < -0.39 is 0 Å². The van der Waals surface area contributed by atoms with E-state index in [2.05, 4.69) is 49.9 Å². The minimum absolute atomic E-state index is 0.282. The zero-order chi connectivity index (χ0) is 14.2. The molecule has 1 aliphatic carbocycles. The lowest BCUT2D eigenvalue weighted by Crippen LogP contribution is -2.25. The van der Waals surface area contributed by atoms with Crippen molar-refractivity contribution in [2.45, 2.75) is 57.5 Å². The van der Waals surface area contributed by atoms with Crippen LogP contribution in [0.5, 0.6) is 0 Å². The molecule has 0 radical (unpaired) electrons. The van der Waals surface area contributed by atoms with Gasteiger partial charge in [-0.05, 0) is 37.3 Å². The Hall–Kier alpha value is -1.50. The first kappa shape index (κ1) is 14.9. The maximum absolute atomic E-state index is 6.12. The minimum atomic E-state index is 0.282. The predicted molar refractivity (Wildman–Crippen MR) is 85.7 cm³/mol. The maximum Gasteiger partial charge on any atom is 0.112 e. The first-order valence-electron chi connectivity index (χ1n) is 7.88.